The van der Waals surface area contributed by atoms with Crippen molar-refractivity contribution in [2.24, 2.45) is 5.73 Å². The number of ether oxygens (including phenoxy) is 1. The number of nitrogens with two attached hydrogens (primary N) is 1. The van der Waals surface area contributed by atoms with Crippen molar-refractivity contribution in [1.82, 2.24) is 10.1 Å². The third-order valence-electron chi connectivity index (χ3n) is 3.87. The van der Waals surface area contributed by atoms with Gasteiger partial charge in [0.1, 0.15) is 5.54 Å². The fourth-order valence-corrected chi connectivity index (χ4v) is 2.24. The lowest BCUT2D eigenvalue weighted by Crippen LogP contribution is -2.41. The Morgan fingerprint density at radius 3 is 2.90 bits per heavy atom. The largest absolute Gasteiger partial charge is 0.376 e. The number of hydrogen-bond acceptors (Lipinski definition) is 5. The van der Waals surface area contributed by atoms with Gasteiger partial charge in [0.25, 0.3) is 5.89 Å². The van der Waals surface area contributed by atoms with Gasteiger partial charge in [0.2, 0.25) is 0 Å². The topological polar surface area (TPSA) is 74.2 Å². The molecule has 2 N–H and O–H groups in total. The molecule has 21 heavy (non-hydrogen) atoms. The van der Waals surface area contributed by atoms with Crippen LogP contribution in [0, 0.1) is 6.92 Å². The third kappa shape index (κ3) is 3.14. The molecule has 1 saturated carbocycles. The van der Waals surface area contributed by atoms with Crippen LogP contribution in [0.15, 0.2) is 28.8 Å². The Hall–Kier alpha value is -1.72. The Morgan fingerprint density at radius 2 is 2.24 bits per heavy atom. The van der Waals surface area contributed by atoms with Gasteiger partial charge in [0.15, 0.2) is 5.82 Å². The lowest BCUT2D eigenvalue weighted by atomic mass is 9.95. The van der Waals surface area contributed by atoms with E-state index in [9.17, 15) is 0 Å². The fourth-order valence-electron chi connectivity index (χ4n) is 2.24. The van der Waals surface area contributed by atoms with Gasteiger partial charge >= 0.3 is 0 Å². The fraction of sp³-hybridized carbons (Fsp3) is 0.500. The maximum Gasteiger partial charge on any atom is 0.258 e. The van der Waals surface area contributed by atoms with Crippen LogP contribution in [-0.2, 0) is 10.3 Å². The zero-order chi connectivity index (χ0) is 14.9. The summed E-state index contributed by atoms with van der Waals surface area (Å²) in [6.07, 6.45) is 3.83. The van der Waals surface area contributed by atoms with Crippen molar-refractivity contribution < 1.29 is 9.26 Å². The summed E-state index contributed by atoms with van der Waals surface area (Å²) in [6, 6.07) is 7.95. The zero-order valence-electron chi connectivity index (χ0n) is 12.5. The van der Waals surface area contributed by atoms with E-state index in [1.54, 1.807) is 0 Å². The average Bonchev–Trinajstić information content (AvgIpc) is 2.87. The molecule has 1 aliphatic rings. The van der Waals surface area contributed by atoms with Gasteiger partial charge in [-0.05, 0) is 45.2 Å². The van der Waals surface area contributed by atoms with Gasteiger partial charge in [-0.3, -0.25) is 0 Å². The van der Waals surface area contributed by atoms with Crippen molar-refractivity contribution >= 4 is 0 Å². The number of aryl methyl sites for hydroxylation is 1. The summed E-state index contributed by atoms with van der Waals surface area (Å²) < 4.78 is 11.1. The first kappa shape index (κ1) is 14.2. The van der Waals surface area contributed by atoms with E-state index in [0.717, 1.165) is 24.0 Å². The van der Waals surface area contributed by atoms with Crippen LogP contribution in [0.1, 0.15) is 37.6 Å². The van der Waals surface area contributed by atoms with E-state index in [0.29, 0.717) is 24.4 Å². The Labute approximate surface area is 124 Å². The van der Waals surface area contributed by atoms with Crippen LogP contribution in [-0.4, -0.2) is 22.9 Å². The van der Waals surface area contributed by atoms with Crippen molar-refractivity contribution in [3.05, 3.63) is 35.7 Å². The highest BCUT2D eigenvalue weighted by Gasteiger charge is 2.30. The van der Waals surface area contributed by atoms with Crippen LogP contribution < -0.4 is 5.73 Å². The second-order valence-electron chi connectivity index (χ2n) is 6.07. The molecule has 1 aromatic carbocycles. The van der Waals surface area contributed by atoms with Crippen LogP contribution in [0.2, 0.25) is 0 Å². The maximum atomic E-state index is 6.28. The van der Waals surface area contributed by atoms with Crippen LogP contribution in [0.5, 0.6) is 0 Å². The van der Waals surface area contributed by atoms with Gasteiger partial charge in [-0.2, -0.15) is 4.98 Å². The molecule has 0 aliphatic heterocycles. The van der Waals surface area contributed by atoms with Gasteiger partial charge in [0, 0.05) is 5.56 Å². The molecular formula is C16H21N3O2. The number of benzene rings is 1. The molecule has 0 bridgehead atoms. The molecule has 0 saturated heterocycles. The molecule has 0 spiro atoms. The normalized spacial score (nSPS) is 18.2. The molecule has 0 amide bonds. The summed E-state index contributed by atoms with van der Waals surface area (Å²) in [6.45, 7) is 4.31. The molecule has 1 unspecified atom stereocenters. The number of nitrogens with zero attached hydrogens (tertiary/aromatic N) is 2. The van der Waals surface area contributed by atoms with Crippen LogP contribution in [0.3, 0.4) is 0 Å². The van der Waals surface area contributed by atoms with Gasteiger partial charge in [-0.1, -0.05) is 22.9 Å². The van der Waals surface area contributed by atoms with Gasteiger partial charge in [-0.15, -0.1) is 0 Å². The molecule has 1 atom stereocenters. The first-order valence-corrected chi connectivity index (χ1v) is 7.36. The summed E-state index contributed by atoms with van der Waals surface area (Å²) in [4.78, 5) is 4.43. The Morgan fingerprint density at radius 1 is 1.43 bits per heavy atom. The van der Waals surface area contributed by atoms with Crippen LogP contribution >= 0.6 is 0 Å². The van der Waals surface area contributed by atoms with Crippen molar-refractivity contribution in [2.45, 2.75) is 44.8 Å². The molecule has 2 aromatic rings. The van der Waals surface area contributed by atoms with E-state index in [4.69, 9.17) is 15.0 Å². The van der Waals surface area contributed by atoms with E-state index >= 15 is 0 Å². The highest BCUT2D eigenvalue weighted by atomic mass is 16.5. The van der Waals surface area contributed by atoms with Crippen molar-refractivity contribution in [2.75, 3.05) is 6.61 Å². The summed E-state index contributed by atoms with van der Waals surface area (Å²) in [7, 11) is 0. The second-order valence-corrected chi connectivity index (χ2v) is 6.07. The minimum Gasteiger partial charge on any atom is -0.376 e. The molecule has 1 aliphatic carbocycles. The quantitative estimate of drug-likeness (QED) is 0.915. The van der Waals surface area contributed by atoms with Gasteiger partial charge < -0.3 is 15.0 Å². The van der Waals surface area contributed by atoms with Crippen molar-refractivity contribution in [3.63, 3.8) is 0 Å². The molecular weight excluding hydrogens is 266 g/mol. The first-order valence-electron chi connectivity index (χ1n) is 7.36. The SMILES string of the molecule is Cc1cccc(-c2nc(C(C)(N)COC3CCC3)no2)c1. The van der Waals surface area contributed by atoms with E-state index in [2.05, 4.69) is 10.1 Å². The second kappa shape index (κ2) is 5.58. The van der Waals surface area contributed by atoms with Crippen LogP contribution in [0.4, 0.5) is 0 Å². The van der Waals surface area contributed by atoms with Crippen molar-refractivity contribution in [3.8, 4) is 11.5 Å². The molecule has 0 radical (unpaired) electrons. The molecule has 5 heteroatoms. The lowest BCUT2D eigenvalue weighted by Gasteiger charge is -2.29. The third-order valence-corrected chi connectivity index (χ3v) is 3.87. The molecule has 1 fully saturated rings. The molecule has 1 aromatic heterocycles. The monoisotopic (exact) mass is 287 g/mol. The van der Waals surface area contributed by atoms with Crippen molar-refractivity contribution in [1.29, 1.82) is 0 Å². The predicted octanol–water partition coefficient (Wildman–Crippen LogP) is 2.79. The smallest absolute Gasteiger partial charge is 0.258 e. The number of hydrogen-bond donors (Lipinski definition) is 1. The van der Waals surface area contributed by atoms with Crippen LogP contribution in [0.25, 0.3) is 11.5 Å². The summed E-state index contributed by atoms with van der Waals surface area (Å²) in [5.74, 6) is 0.979. The first-order chi connectivity index (χ1) is 10.0. The standard InChI is InChI=1S/C16H21N3O2/c1-11-5-3-6-12(9-11)14-18-15(19-21-14)16(2,17)10-20-13-7-4-8-13/h3,5-6,9,13H,4,7-8,10,17H2,1-2H3. The lowest BCUT2D eigenvalue weighted by molar-refractivity contribution is -0.0222. The van der Waals surface area contributed by atoms with Gasteiger partial charge in [-0.25, -0.2) is 0 Å². The average molecular weight is 287 g/mol. The molecule has 112 valence electrons. The molecule has 1 heterocycles. The van der Waals surface area contributed by atoms with E-state index in [-0.39, 0.29) is 0 Å². The highest BCUT2D eigenvalue weighted by Crippen LogP contribution is 2.26. The van der Waals surface area contributed by atoms with E-state index in [1.165, 1.54) is 6.42 Å². The number of rotatable bonds is 5. The Balaban J connectivity index is 1.73. The van der Waals surface area contributed by atoms with E-state index in [1.807, 2.05) is 38.1 Å². The van der Waals surface area contributed by atoms with Gasteiger partial charge in [0.05, 0.1) is 12.7 Å². The van der Waals surface area contributed by atoms with E-state index < -0.39 is 5.54 Å². The minimum atomic E-state index is -0.735. The Kier molecular flexibility index (Phi) is 3.78. The summed E-state index contributed by atoms with van der Waals surface area (Å²) in [5.41, 5.74) is 7.60. The summed E-state index contributed by atoms with van der Waals surface area (Å²) >= 11 is 0. The zero-order valence-corrected chi connectivity index (χ0v) is 12.5. The highest BCUT2D eigenvalue weighted by molar-refractivity contribution is 5.53. The summed E-state index contributed by atoms with van der Waals surface area (Å²) in [5, 5.41) is 4.02. The number of aromatic nitrogens is 2. The molecule has 3 rings (SSSR count). The maximum absolute atomic E-state index is 6.28. The minimum absolute atomic E-state index is 0.344. The molecule has 5 nitrogen and oxygen atoms in total. The Bertz CT molecular complexity index is 617. The predicted molar refractivity (Wildman–Crippen MR) is 79.6 cm³/mol.